The van der Waals surface area contributed by atoms with Crippen molar-refractivity contribution in [3.05, 3.63) is 24.3 Å². The van der Waals surface area contributed by atoms with Crippen molar-refractivity contribution < 1.29 is 19.1 Å². The van der Waals surface area contributed by atoms with Gasteiger partial charge in [0, 0.05) is 6.07 Å². The lowest BCUT2D eigenvalue weighted by Gasteiger charge is -2.19. The van der Waals surface area contributed by atoms with Crippen molar-refractivity contribution in [1.29, 1.82) is 0 Å². The Morgan fingerprint density at radius 1 is 1.10 bits per heavy atom. The van der Waals surface area contributed by atoms with Crippen molar-refractivity contribution in [2.75, 3.05) is 5.88 Å². The van der Waals surface area contributed by atoms with Crippen LogP contribution in [0, 0.1) is 5.92 Å². The van der Waals surface area contributed by atoms with Gasteiger partial charge in [-0.25, -0.2) is 0 Å². The Balaban J connectivity index is 1.96. The molecule has 108 valence electrons. The van der Waals surface area contributed by atoms with Gasteiger partial charge in [-0.1, -0.05) is 25.3 Å². The van der Waals surface area contributed by atoms with E-state index in [1.54, 1.807) is 18.2 Å². The molecule has 1 aromatic carbocycles. The fraction of sp³-hybridized carbons (Fsp3) is 0.467. The fourth-order valence-electron chi connectivity index (χ4n) is 2.30. The molecule has 0 heterocycles. The zero-order chi connectivity index (χ0) is 14.4. The largest absolute Gasteiger partial charge is 0.426 e. The van der Waals surface area contributed by atoms with Crippen LogP contribution in [0.2, 0.25) is 0 Å². The zero-order valence-electron chi connectivity index (χ0n) is 11.1. The van der Waals surface area contributed by atoms with Gasteiger partial charge < -0.3 is 9.47 Å². The predicted octanol–water partition coefficient (Wildman–Crippen LogP) is 3.32. The van der Waals surface area contributed by atoms with E-state index in [1.165, 1.54) is 12.5 Å². The van der Waals surface area contributed by atoms with Gasteiger partial charge in [0.05, 0.1) is 5.92 Å². The molecule has 0 N–H and O–H groups in total. The highest BCUT2D eigenvalue weighted by atomic mass is 35.5. The molecule has 0 bridgehead atoms. The summed E-state index contributed by atoms with van der Waals surface area (Å²) in [7, 11) is 0. The average Bonchev–Trinajstić information content (AvgIpc) is 2.48. The number of hydrogen-bond donors (Lipinski definition) is 0. The second-order valence-electron chi connectivity index (χ2n) is 4.84. The van der Waals surface area contributed by atoms with Gasteiger partial charge in [0.25, 0.3) is 0 Å². The van der Waals surface area contributed by atoms with Gasteiger partial charge in [-0.05, 0) is 25.0 Å². The first kappa shape index (κ1) is 14.9. The van der Waals surface area contributed by atoms with E-state index < -0.39 is 5.97 Å². The first-order chi connectivity index (χ1) is 9.69. The number of halogens is 1. The summed E-state index contributed by atoms with van der Waals surface area (Å²) in [6, 6.07) is 6.46. The van der Waals surface area contributed by atoms with Crippen LogP contribution in [0.1, 0.15) is 32.1 Å². The molecule has 0 aliphatic heterocycles. The normalized spacial score (nSPS) is 15.7. The SMILES string of the molecule is O=C(CCl)Oc1cccc(OC(=O)C2CCCCC2)c1. The number of carbonyl (C=O) groups excluding carboxylic acids is 2. The van der Waals surface area contributed by atoms with Gasteiger partial charge in [-0.2, -0.15) is 0 Å². The minimum absolute atomic E-state index is 0.0159. The van der Waals surface area contributed by atoms with Crippen LogP contribution in [0.25, 0.3) is 0 Å². The van der Waals surface area contributed by atoms with E-state index >= 15 is 0 Å². The van der Waals surface area contributed by atoms with Crippen molar-refractivity contribution in [1.82, 2.24) is 0 Å². The van der Waals surface area contributed by atoms with Crippen LogP contribution in [0.5, 0.6) is 11.5 Å². The molecule has 0 radical (unpaired) electrons. The maximum Gasteiger partial charge on any atom is 0.326 e. The summed E-state index contributed by atoms with van der Waals surface area (Å²) in [5.41, 5.74) is 0. The molecule has 0 amide bonds. The maximum atomic E-state index is 12.0. The molecule has 1 fully saturated rings. The van der Waals surface area contributed by atoms with E-state index in [2.05, 4.69) is 0 Å². The van der Waals surface area contributed by atoms with Gasteiger partial charge in [-0.3, -0.25) is 9.59 Å². The molecule has 2 rings (SSSR count). The summed E-state index contributed by atoms with van der Waals surface area (Å²) in [5, 5.41) is 0. The molecule has 1 aliphatic carbocycles. The maximum absolute atomic E-state index is 12.0. The van der Waals surface area contributed by atoms with E-state index in [-0.39, 0.29) is 17.8 Å². The standard InChI is InChI=1S/C15H17ClO4/c16-10-14(17)19-12-7-4-8-13(9-12)20-15(18)11-5-2-1-3-6-11/h4,7-9,11H,1-3,5-6,10H2. The molecule has 0 spiro atoms. The highest BCUT2D eigenvalue weighted by Gasteiger charge is 2.23. The number of benzene rings is 1. The molecule has 1 saturated carbocycles. The monoisotopic (exact) mass is 296 g/mol. The molecule has 1 aliphatic rings. The van der Waals surface area contributed by atoms with Crippen molar-refractivity contribution in [3.8, 4) is 11.5 Å². The van der Waals surface area contributed by atoms with Crippen molar-refractivity contribution in [2.24, 2.45) is 5.92 Å². The van der Waals surface area contributed by atoms with E-state index in [9.17, 15) is 9.59 Å². The molecule has 4 nitrogen and oxygen atoms in total. The quantitative estimate of drug-likeness (QED) is 0.486. The van der Waals surface area contributed by atoms with Gasteiger partial charge in [0.1, 0.15) is 17.4 Å². The summed E-state index contributed by atoms with van der Waals surface area (Å²) in [4.78, 5) is 23.1. The lowest BCUT2D eigenvalue weighted by atomic mass is 9.89. The van der Waals surface area contributed by atoms with Crippen LogP contribution in [-0.4, -0.2) is 17.8 Å². The molecular weight excluding hydrogens is 280 g/mol. The number of carbonyl (C=O) groups is 2. The van der Waals surface area contributed by atoms with E-state index in [0.29, 0.717) is 11.5 Å². The van der Waals surface area contributed by atoms with Crippen molar-refractivity contribution in [3.63, 3.8) is 0 Å². The van der Waals surface area contributed by atoms with Crippen LogP contribution >= 0.6 is 11.6 Å². The minimum atomic E-state index is -0.539. The number of alkyl halides is 1. The summed E-state index contributed by atoms with van der Waals surface area (Å²) in [5.74, 6) is -0.262. The van der Waals surface area contributed by atoms with Gasteiger partial charge in [-0.15, -0.1) is 11.6 Å². The van der Waals surface area contributed by atoms with E-state index in [4.69, 9.17) is 21.1 Å². The molecule has 1 aromatic rings. The Kier molecular flexibility index (Phi) is 5.41. The Bertz CT molecular complexity index is 481. The third-order valence-corrected chi connectivity index (χ3v) is 3.52. The molecule has 0 aromatic heterocycles. The summed E-state index contributed by atoms with van der Waals surface area (Å²) in [6.07, 6.45) is 5.12. The number of rotatable bonds is 4. The Morgan fingerprint density at radius 3 is 2.40 bits per heavy atom. The van der Waals surface area contributed by atoms with E-state index in [0.717, 1.165) is 25.7 Å². The minimum Gasteiger partial charge on any atom is -0.426 e. The topological polar surface area (TPSA) is 52.6 Å². The van der Waals surface area contributed by atoms with Crippen LogP contribution in [0.15, 0.2) is 24.3 Å². The average molecular weight is 297 g/mol. The van der Waals surface area contributed by atoms with Crippen LogP contribution < -0.4 is 9.47 Å². The van der Waals surface area contributed by atoms with Crippen LogP contribution in [-0.2, 0) is 9.59 Å². The molecule has 0 atom stereocenters. The van der Waals surface area contributed by atoms with Gasteiger partial charge in [0.2, 0.25) is 0 Å². The predicted molar refractivity (Wildman–Crippen MR) is 75.0 cm³/mol. The Hall–Kier alpha value is -1.55. The van der Waals surface area contributed by atoms with Crippen molar-refractivity contribution >= 4 is 23.5 Å². The summed E-state index contributed by atoms with van der Waals surface area (Å²) in [6.45, 7) is 0. The molecule has 5 heteroatoms. The molecule has 0 unspecified atom stereocenters. The number of ether oxygens (including phenoxy) is 2. The number of esters is 2. The molecular formula is C15H17ClO4. The smallest absolute Gasteiger partial charge is 0.326 e. The fourth-order valence-corrected chi connectivity index (χ4v) is 2.35. The second kappa shape index (κ2) is 7.29. The number of hydrogen-bond acceptors (Lipinski definition) is 4. The highest BCUT2D eigenvalue weighted by Crippen LogP contribution is 2.26. The molecule has 20 heavy (non-hydrogen) atoms. The van der Waals surface area contributed by atoms with Crippen LogP contribution in [0.3, 0.4) is 0 Å². The third-order valence-electron chi connectivity index (χ3n) is 3.30. The second-order valence-corrected chi connectivity index (χ2v) is 5.11. The van der Waals surface area contributed by atoms with E-state index in [1.807, 2.05) is 0 Å². The lowest BCUT2D eigenvalue weighted by Crippen LogP contribution is -2.22. The zero-order valence-corrected chi connectivity index (χ0v) is 11.9. The Labute approximate surface area is 123 Å². The Morgan fingerprint density at radius 2 is 1.75 bits per heavy atom. The lowest BCUT2D eigenvalue weighted by molar-refractivity contribution is -0.140. The summed E-state index contributed by atoms with van der Waals surface area (Å²) < 4.78 is 10.3. The molecule has 0 saturated heterocycles. The van der Waals surface area contributed by atoms with Gasteiger partial charge in [0.15, 0.2) is 0 Å². The van der Waals surface area contributed by atoms with Gasteiger partial charge >= 0.3 is 11.9 Å². The van der Waals surface area contributed by atoms with Crippen molar-refractivity contribution in [2.45, 2.75) is 32.1 Å². The first-order valence-corrected chi connectivity index (χ1v) is 7.31. The van der Waals surface area contributed by atoms with Crippen LogP contribution in [0.4, 0.5) is 0 Å². The third kappa shape index (κ3) is 4.23. The highest BCUT2D eigenvalue weighted by molar-refractivity contribution is 6.26. The first-order valence-electron chi connectivity index (χ1n) is 6.77. The summed E-state index contributed by atoms with van der Waals surface area (Å²) >= 11 is 5.37.